The summed E-state index contributed by atoms with van der Waals surface area (Å²) in [4.78, 5) is 2.00. The Hall–Kier alpha value is -0.100. The minimum absolute atomic E-state index is 0.0519. The summed E-state index contributed by atoms with van der Waals surface area (Å²) in [6, 6.07) is 0. The fraction of sp³-hybridized carbons (Fsp3) is 0.714. The molecule has 0 aromatic heterocycles. The minimum atomic E-state index is -3.61. The summed E-state index contributed by atoms with van der Waals surface area (Å²) in [7, 11) is 1.51. The van der Waals surface area contributed by atoms with Crippen molar-refractivity contribution in [3.05, 3.63) is 11.5 Å². The molecule has 0 N–H and O–H groups in total. The fourth-order valence-electron chi connectivity index (χ4n) is 1.09. The summed E-state index contributed by atoms with van der Waals surface area (Å²) in [6.45, 7) is 6.44. The van der Waals surface area contributed by atoms with E-state index in [1.54, 1.807) is 0 Å². The quantitative estimate of drug-likeness (QED) is 0.653. The highest BCUT2D eigenvalue weighted by Crippen LogP contribution is 2.11. The maximum Gasteiger partial charge on any atom is 0.258 e. The molecule has 1 saturated heterocycles. The van der Waals surface area contributed by atoms with Crippen LogP contribution in [0.5, 0.6) is 0 Å². The maximum atomic E-state index is 10.8. The predicted octanol–water partition coefficient (Wildman–Crippen LogP) is 0.401. The van der Waals surface area contributed by atoms with Crippen LogP contribution in [0.3, 0.4) is 0 Å². The Morgan fingerprint density at radius 3 is 2.46 bits per heavy atom. The molecule has 0 radical (unpaired) electrons. The van der Waals surface area contributed by atoms with E-state index in [9.17, 15) is 8.42 Å². The minimum Gasteiger partial charge on any atom is -0.379 e. The van der Waals surface area contributed by atoms with Crippen LogP contribution in [0.25, 0.3) is 0 Å². The van der Waals surface area contributed by atoms with Gasteiger partial charge in [-0.3, -0.25) is 4.90 Å². The smallest absolute Gasteiger partial charge is 0.258 e. The highest BCUT2D eigenvalue weighted by molar-refractivity contribution is 8.16. The van der Waals surface area contributed by atoms with Crippen molar-refractivity contribution in [3.63, 3.8) is 0 Å². The van der Waals surface area contributed by atoms with Crippen molar-refractivity contribution < 1.29 is 13.2 Å². The molecule has 0 saturated carbocycles. The molecule has 1 heterocycles. The average Bonchev–Trinajstić information content (AvgIpc) is 2.04. The van der Waals surface area contributed by atoms with Crippen molar-refractivity contribution in [2.24, 2.45) is 0 Å². The van der Waals surface area contributed by atoms with E-state index in [1.807, 2.05) is 4.90 Å². The van der Waals surface area contributed by atoms with Crippen LogP contribution in [0.2, 0.25) is 0 Å². The SMILES string of the molecule is C=C(CN1CCOCC1)S(=O)(=O)Cl. The molecule has 0 aromatic rings. The summed E-state index contributed by atoms with van der Waals surface area (Å²) in [5, 5.41) is 0. The summed E-state index contributed by atoms with van der Waals surface area (Å²) in [5.74, 6) is 0. The molecule has 13 heavy (non-hydrogen) atoms. The number of halogens is 1. The molecule has 0 atom stereocenters. The average molecular weight is 226 g/mol. The summed E-state index contributed by atoms with van der Waals surface area (Å²) in [6.07, 6.45) is 0. The number of nitrogens with zero attached hydrogens (tertiary/aromatic N) is 1. The van der Waals surface area contributed by atoms with Crippen LogP contribution in [0.1, 0.15) is 0 Å². The highest BCUT2D eigenvalue weighted by atomic mass is 35.7. The third-order valence-corrected chi connectivity index (χ3v) is 3.32. The Kier molecular flexibility index (Phi) is 3.73. The molecule has 0 aromatic carbocycles. The van der Waals surface area contributed by atoms with Gasteiger partial charge in [0, 0.05) is 30.3 Å². The number of rotatable bonds is 3. The number of hydrogen-bond donors (Lipinski definition) is 0. The first-order valence-electron chi connectivity index (χ1n) is 3.92. The van der Waals surface area contributed by atoms with E-state index in [0.717, 1.165) is 13.1 Å². The Labute approximate surface area is 82.5 Å². The lowest BCUT2D eigenvalue weighted by Crippen LogP contribution is -2.37. The third-order valence-electron chi connectivity index (χ3n) is 1.85. The van der Waals surface area contributed by atoms with Crippen LogP contribution in [0.15, 0.2) is 11.5 Å². The van der Waals surface area contributed by atoms with Crippen molar-refractivity contribution in [2.45, 2.75) is 0 Å². The van der Waals surface area contributed by atoms with E-state index in [0.29, 0.717) is 19.8 Å². The van der Waals surface area contributed by atoms with Crippen LogP contribution in [0, 0.1) is 0 Å². The Morgan fingerprint density at radius 2 is 2.00 bits per heavy atom. The largest absolute Gasteiger partial charge is 0.379 e. The molecule has 76 valence electrons. The maximum absolute atomic E-state index is 10.8. The second-order valence-electron chi connectivity index (χ2n) is 2.87. The van der Waals surface area contributed by atoms with Gasteiger partial charge in [-0.15, -0.1) is 0 Å². The van der Waals surface area contributed by atoms with Gasteiger partial charge < -0.3 is 4.74 Å². The number of morpholine rings is 1. The van der Waals surface area contributed by atoms with Gasteiger partial charge in [-0.05, 0) is 0 Å². The zero-order chi connectivity index (χ0) is 9.90. The van der Waals surface area contributed by atoms with Crippen molar-refractivity contribution in [3.8, 4) is 0 Å². The van der Waals surface area contributed by atoms with Crippen molar-refractivity contribution in [2.75, 3.05) is 32.8 Å². The van der Waals surface area contributed by atoms with Gasteiger partial charge in [-0.1, -0.05) is 6.58 Å². The Morgan fingerprint density at radius 1 is 1.46 bits per heavy atom. The van der Waals surface area contributed by atoms with Crippen LogP contribution in [-0.4, -0.2) is 46.2 Å². The second-order valence-corrected chi connectivity index (χ2v) is 5.54. The third kappa shape index (κ3) is 3.64. The molecular formula is C7H12ClNO3S. The van der Waals surface area contributed by atoms with Crippen molar-refractivity contribution >= 4 is 19.7 Å². The van der Waals surface area contributed by atoms with Gasteiger partial charge in [0.15, 0.2) is 0 Å². The van der Waals surface area contributed by atoms with Crippen LogP contribution >= 0.6 is 10.7 Å². The van der Waals surface area contributed by atoms with Gasteiger partial charge in [0.2, 0.25) is 0 Å². The van der Waals surface area contributed by atoms with Gasteiger partial charge in [-0.2, -0.15) is 0 Å². The lowest BCUT2D eigenvalue weighted by molar-refractivity contribution is 0.0430. The first-order valence-corrected chi connectivity index (χ1v) is 6.23. The second kappa shape index (κ2) is 4.41. The number of ether oxygens (including phenoxy) is 1. The zero-order valence-corrected chi connectivity index (χ0v) is 8.77. The lowest BCUT2D eigenvalue weighted by Gasteiger charge is -2.26. The molecule has 0 amide bonds. The van der Waals surface area contributed by atoms with Gasteiger partial charge in [0.1, 0.15) is 0 Å². The van der Waals surface area contributed by atoms with Crippen LogP contribution in [-0.2, 0) is 13.8 Å². The predicted molar refractivity (Wildman–Crippen MR) is 51.2 cm³/mol. The topological polar surface area (TPSA) is 46.6 Å². The first kappa shape index (κ1) is 11.0. The van der Waals surface area contributed by atoms with Crippen molar-refractivity contribution in [1.29, 1.82) is 0 Å². The zero-order valence-electron chi connectivity index (χ0n) is 7.20. The Bertz CT molecular complexity index is 282. The molecule has 0 bridgehead atoms. The van der Waals surface area contributed by atoms with E-state index < -0.39 is 9.05 Å². The van der Waals surface area contributed by atoms with E-state index in [-0.39, 0.29) is 4.91 Å². The van der Waals surface area contributed by atoms with E-state index in [2.05, 4.69) is 6.58 Å². The van der Waals surface area contributed by atoms with Gasteiger partial charge >= 0.3 is 0 Å². The fourth-order valence-corrected chi connectivity index (χ4v) is 1.57. The van der Waals surface area contributed by atoms with E-state index in [4.69, 9.17) is 15.4 Å². The summed E-state index contributed by atoms with van der Waals surface area (Å²) in [5.41, 5.74) is 0. The molecule has 0 spiro atoms. The molecule has 4 nitrogen and oxygen atoms in total. The van der Waals surface area contributed by atoms with Crippen LogP contribution in [0.4, 0.5) is 0 Å². The summed E-state index contributed by atoms with van der Waals surface area (Å²) >= 11 is 0. The van der Waals surface area contributed by atoms with E-state index in [1.165, 1.54) is 0 Å². The molecule has 1 aliphatic rings. The monoisotopic (exact) mass is 225 g/mol. The van der Waals surface area contributed by atoms with E-state index >= 15 is 0 Å². The standard InChI is InChI=1S/C7H12ClNO3S/c1-7(13(8,10)11)6-9-2-4-12-5-3-9/h1-6H2. The van der Waals surface area contributed by atoms with Crippen LogP contribution < -0.4 is 0 Å². The number of hydrogen-bond acceptors (Lipinski definition) is 4. The lowest BCUT2D eigenvalue weighted by atomic mass is 10.4. The molecule has 0 unspecified atom stereocenters. The van der Waals surface area contributed by atoms with Gasteiger partial charge in [0.25, 0.3) is 9.05 Å². The molecular weight excluding hydrogens is 214 g/mol. The summed E-state index contributed by atoms with van der Waals surface area (Å²) < 4.78 is 26.7. The normalized spacial score (nSPS) is 20.1. The molecule has 1 fully saturated rings. The van der Waals surface area contributed by atoms with Gasteiger partial charge in [0.05, 0.1) is 18.1 Å². The molecule has 1 rings (SSSR count). The van der Waals surface area contributed by atoms with Crippen molar-refractivity contribution in [1.82, 2.24) is 4.90 Å². The first-order chi connectivity index (χ1) is 6.00. The van der Waals surface area contributed by atoms with Gasteiger partial charge in [-0.25, -0.2) is 8.42 Å². The Balaban J connectivity index is 2.44. The molecule has 0 aliphatic carbocycles. The highest BCUT2D eigenvalue weighted by Gasteiger charge is 2.17. The molecule has 1 aliphatic heterocycles. The molecule has 6 heteroatoms.